The average molecular weight is 421 g/mol. The molecule has 0 unspecified atom stereocenters. The number of H-pyrrole nitrogens is 1. The molecule has 0 bridgehead atoms. The minimum absolute atomic E-state index is 0.284. The van der Waals surface area contributed by atoms with Gasteiger partial charge in [0.2, 0.25) is 0 Å². The van der Waals surface area contributed by atoms with Gasteiger partial charge in [0.1, 0.15) is 24.6 Å². The summed E-state index contributed by atoms with van der Waals surface area (Å²) in [6, 6.07) is 10.7. The summed E-state index contributed by atoms with van der Waals surface area (Å²) in [5.74, 6) is -0.0885. The number of pyridine rings is 1. The summed E-state index contributed by atoms with van der Waals surface area (Å²) in [7, 11) is 0. The molecule has 1 aliphatic heterocycles. The molecule has 1 fully saturated rings. The molecular formula is C23H23N3O5. The molecule has 0 amide bonds. The van der Waals surface area contributed by atoms with E-state index in [4.69, 9.17) is 14.2 Å². The van der Waals surface area contributed by atoms with Crippen LogP contribution in [0, 0.1) is 6.92 Å². The van der Waals surface area contributed by atoms with Crippen molar-refractivity contribution in [3.8, 4) is 5.75 Å². The molecule has 0 saturated carbocycles. The summed E-state index contributed by atoms with van der Waals surface area (Å²) in [5, 5.41) is 1.05. The van der Waals surface area contributed by atoms with Crippen LogP contribution in [0.2, 0.25) is 0 Å². The Labute approximate surface area is 178 Å². The second kappa shape index (κ2) is 7.18. The first-order valence-corrected chi connectivity index (χ1v) is 10.2. The summed E-state index contributed by atoms with van der Waals surface area (Å²) in [6.45, 7) is 5.92. The molecule has 3 atom stereocenters. The van der Waals surface area contributed by atoms with E-state index in [9.17, 15) is 9.59 Å². The fourth-order valence-corrected chi connectivity index (χ4v) is 4.22. The van der Waals surface area contributed by atoms with Gasteiger partial charge in [-0.2, -0.15) is 0 Å². The van der Waals surface area contributed by atoms with E-state index in [1.54, 1.807) is 0 Å². The Hall–Kier alpha value is -3.23. The van der Waals surface area contributed by atoms with Crippen molar-refractivity contribution in [3.05, 3.63) is 80.8 Å². The summed E-state index contributed by atoms with van der Waals surface area (Å²) in [5.41, 5.74) is 1.77. The highest BCUT2D eigenvalue weighted by atomic mass is 16.8. The highest BCUT2D eigenvalue weighted by Crippen LogP contribution is 2.42. The van der Waals surface area contributed by atoms with Crippen LogP contribution in [-0.4, -0.2) is 39.1 Å². The van der Waals surface area contributed by atoms with Crippen molar-refractivity contribution in [1.82, 2.24) is 14.5 Å². The van der Waals surface area contributed by atoms with Crippen LogP contribution in [0.1, 0.15) is 25.6 Å². The molecule has 3 heterocycles. The Balaban J connectivity index is 1.43. The molecule has 2 aliphatic rings. The van der Waals surface area contributed by atoms with Gasteiger partial charge in [0.05, 0.1) is 11.6 Å². The van der Waals surface area contributed by atoms with E-state index in [2.05, 4.69) is 9.97 Å². The maximum atomic E-state index is 12.4. The lowest BCUT2D eigenvalue weighted by Crippen LogP contribution is -2.37. The van der Waals surface area contributed by atoms with Crippen LogP contribution >= 0.6 is 0 Å². The van der Waals surface area contributed by atoms with Crippen molar-refractivity contribution < 1.29 is 14.2 Å². The number of benzene rings is 1. The van der Waals surface area contributed by atoms with Crippen LogP contribution in [0.3, 0.4) is 0 Å². The molecule has 160 valence electrons. The zero-order chi connectivity index (χ0) is 21.8. The highest BCUT2D eigenvalue weighted by Gasteiger charge is 2.50. The molecule has 1 aliphatic carbocycles. The molecule has 0 spiro atoms. The van der Waals surface area contributed by atoms with Gasteiger partial charge in [0.15, 0.2) is 5.79 Å². The first-order chi connectivity index (χ1) is 14.8. The minimum atomic E-state index is -0.788. The zero-order valence-electron chi connectivity index (χ0n) is 17.5. The average Bonchev–Trinajstić information content (AvgIpc) is 3.19. The van der Waals surface area contributed by atoms with Crippen molar-refractivity contribution in [1.29, 1.82) is 0 Å². The smallest absolute Gasteiger partial charge is 0.328 e. The number of aromatic amines is 1. The van der Waals surface area contributed by atoms with Crippen LogP contribution in [0.5, 0.6) is 5.75 Å². The van der Waals surface area contributed by atoms with E-state index in [0.717, 1.165) is 22.2 Å². The van der Waals surface area contributed by atoms with Gasteiger partial charge in [-0.15, -0.1) is 0 Å². The molecule has 3 aromatic rings. The number of rotatable bonds is 4. The maximum Gasteiger partial charge on any atom is 0.328 e. The van der Waals surface area contributed by atoms with Gasteiger partial charge >= 0.3 is 5.69 Å². The maximum absolute atomic E-state index is 12.4. The zero-order valence-corrected chi connectivity index (χ0v) is 17.5. The second-order valence-electron chi connectivity index (χ2n) is 8.37. The van der Waals surface area contributed by atoms with Crippen LogP contribution in [0.4, 0.5) is 0 Å². The Bertz CT molecular complexity index is 1310. The van der Waals surface area contributed by atoms with Crippen LogP contribution in [-0.2, 0) is 9.47 Å². The molecule has 1 N–H and O–H groups in total. The summed E-state index contributed by atoms with van der Waals surface area (Å²) in [6.07, 6.45) is 2.67. The number of hydrogen-bond donors (Lipinski definition) is 1. The van der Waals surface area contributed by atoms with Gasteiger partial charge in [-0.05, 0) is 44.5 Å². The molecule has 5 rings (SSSR count). The van der Waals surface area contributed by atoms with Gasteiger partial charge < -0.3 is 14.2 Å². The number of hydrogen-bond acceptors (Lipinski definition) is 6. The Morgan fingerprint density at radius 2 is 1.97 bits per heavy atom. The van der Waals surface area contributed by atoms with Gasteiger partial charge in [0.25, 0.3) is 5.56 Å². The third-order valence-electron chi connectivity index (χ3n) is 5.60. The van der Waals surface area contributed by atoms with E-state index in [-0.39, 0.29) is 12.7 Å². The molecule has 1 aromatic carbocycles. The van der Waals surface area contributed by atoms with Gasteiger partial charge in [0, 0.05) is 29.4 Å². The van der Waals surface area contributed by atoms with Crippen molar-refractivity contribution in [2.45, 2.75) is 44.8 Å². The van der Waals surface area contributed by atoms with E-state index in [1.807, 2.05) is 57.2 Å². The predicted octanol–water partition coefficient (Wildman–Crippen LogP) is 2.47. The van der Waals surface area contributed by atoms with E-state index in [0.29, 0.717) is 5.75 Å². The first kappa shape index (κ1) is 19.7. The largest absolute Gasteiger partial charge is 0.489 e. The topological polar surface area (TPSA) is 95.4 Å². The highest BCUT2D eigenvalue weighted by molar-refractivity contribution is 5.80. The lowest BCUT2D eigenvalue weighted by Gasteiger charge is -2.21. The van der Waals surface area contributed by atoms with Crippen molar-refractivity contribution in [2.75, 3.05) is 6.61 Å². The number of fused-ring (bicyclic) bond motifs is 2. The minimum Gasteiger partial charge on any atom is -0.489 e. The molecule has 8 heteroatoms. The van der Waals surface area contributed by atoms with E-state index >= 15 is 0 Å². The lowest BCUT2D eigenvalue weighted by atomic mass is 10.1. The quantitative estimate of drug-likeness (QED) is 0.651. The summed E-state index contributed by atoms with van der Waals surface area (Å²) >= 11 is 0. The SMILES string of the molecule is Cc1ccc2ccc(OCC3=C[C@@H](n4ccc(=O)[nH]c4=O)[C@@H]4OC(C)(C)O[C@H]34)cc2n1. The Kier molecular flexibility index (Phi) is 4.56. The van der Waals surface area contributed by atoms with Gasteiger partial charge in [-0.25, -0.2) is 4.79 Å². The monoisotopic (exact) mass is 421 g/mol. The standard InChI is InChI=1S/C23H23N3O5/c1-13-4-5-14-6-7-16(11-17(14)24-13)29-12-15-10-18(21-20(15)30-23(2,3)31-21)26-9-8-19(27)25-22(26)28/h4-11,18,20-21H,12H2,1-3H3,(H,25,27,28)/t18-,20-,21+/m1/s1. The van der Waals surface area contributed by atoms with Gasteiger partial charge in [-0.3, -0.25) is 19.3 Å². The Morgan fingerprint density at radius 1 is 1.16 bits per heavy atom. The Morgan fingerprint density at radius 3 is 2.77 bits per heavy atom. The molecule has 2 aromatic heterocycles. The third-order valence-corrected chi connectivity index (χ3v) is 5.60. The first-order valence-electron chi connectivity index (χ1n) is 10.2. The summed E-state index contributed by atoms with van der Waals surface area (Å²) in [4.78, 5) is 30.7. The molecule has 1 saturated heterocycles. The predicted molar refractivity (Wildman–Crippen MR) is 114 cm³/mol. The van der Waals surface area contributed by atoms with Gasteiger partial charge in [-0.1, -0.05) is 12.1 Å². The number of aryl methyl sites for hydroxylation is 1. The molecule has 8 nitrogen and oxygen atoms in total. The lowest BCUT2D eigenvalue weighted by molar-refractivity contribution is -0.148. The fourth-order valence-electron chi connectivity index (χ4n) is 4.22. The van der Waals surface area contributed by atoms with Crippen LogP contribution < -0.4 is 16.0 Å². The summed E-state index contributed by atoms with van der Waals surface area (Å²) < 4.78 is 19.7. The number of nitrogens with zero attached hydrogens (tertiary/aromatic N) is 2. The van der Waals surface area contributed by atoms with E-state index < -0.39 is 29.2 Å². The number of aromatic nitrogens is 3. The molecule has 31 heavy (non-hydrogen) atoms. The van der Waals surface area contributed by atoms with Crippen molar-refractivity contribution in [3.63, 3.8) is 0 Å². The molecule has 0 radical (unpaired) electrons. The van der Waals surface area contributed by atoms with Crippen LogP contribution in [0.15, 0.2) is 63.8 Å². The number of nitrogens with one attached hydrogen (secondary N) is 1. The van der Waals surface area contributed by atoms with Crippen molar-refractivity contribution in [2.24, 2.45) is 0 Å². The second-order valence-corrected chi connectivity index (χ2v) is 8.37. The fraction of sp³-hybridized carbons (Fsp3) is 0.348. The normalized spacial score (nSPS) is 24.2. The van der Waals surface area contributed by atoms with Crippen molar-refractivity contribution >= 4 is 10.9 Å². The van der Waals surface area contributed by atoms with Crippen LogP contribution in [0.25, 0.3) is 10.9 Å². The number of ether oxygens (including phenoxy) is 3. The van der Waals surface area contributed by atoms with E-state index in [1.165, 1.54) is 16.8 Å². The molecular weight excluding hydrogens is 398 g/mol. The third kappa shape index (κ3) is 3.68.